The highest BCUT2D eigenvalue weighted by Crippen LogP contribution is 2.20. The summed E-state index contributed by atoms with van der Waals surface area (Å²) in [4.78, 5) is 21.1. The summed E-state index contributed by atoms with van der Waals surface area (Å²) < 4.78 is 5.38. The number of likely N-dealkylation sites (tertiary alicyclic amines) is 1. The van der Waals surface area contributed by atoms with Crippen LogP contribution in [0.3, 0.4) is 0 Å². The van der Waals surface area contributed by atoms with E-state index < -0.39 is 0 Å². The maximum Gasteiger partial charge on any atom is 0.220 e. The number of morpholine rings is 1. The Kier molecular flexibility index (Phi) is 9.04. The molecule has 2 fully saturated rings. The quantitative estimate of drug-likeness (QED) is 0.397. The zero-order valence-electron chi connectivity index (χ0n) is 15.9. The first kappa shape index (κ1) is 20.0. The molecule has 2 rings (SSSR count). The third-order valence-electron chi connectivity index (χ3n) is 5.00. The molecular weight excluding hydrogens is 318 g/mol. The van der Waals surface area contributed by atoms with Gasteiger partial charge in [-0.1, -0.05) is 0 Å². The zero-order valence-corrected chi connectivity index (χ0v) is 15.9. The third kappa shape index (κ3) is 7.20. The number of carbonyl (C=O) groups is 1. The van der Waals surface area contributed by atoms with Gasteiger partial charge in [-0.15, -0.1) is 0 Å². The first-order valence-corrected chi connectivity index (χ1v) is 9.77. The Morgan fingerprint density at radius 2 is 1.92 bits per heavy atom. The van der Waals surface area contributed by atoms with E-state index in [1.807, 2.05) is 0 Å². The molecule has 0 aromatic carbocycles. The van der Waals surface area contributed by atoms with Crippen molar-refractivity contribution in [1.29, 1.82) is 0 Å². The number of amides is 1. The molecule has 2 aliphatic heterocycles. The fourth-order valence-electron chi connectivity index (χ4n) is 3.44. The van der Waals surface area contributed by atoms with Gasteiger partial charge in [-0.3, -0.25) is 14.7 Å². The minimum absolute atomic E-state index is 0.155. The summed E-state index contributed by atoms with van der Waals surface area (Å²) in [5.74, 6) is 1.69. The maximum atomic E-state index is 11.5. The molecule has 0 aromatic rings. The van der Waals surface area contributed by atoms with Gasteiger partial charge in [-0.05, 0) is 32.1 Å². The molecular formula is C18H35N5O2. The monoisotopic (exact) mass is 353 g/mol. The van der Waals surface area contributed by atoms with E-state index in [0.29, 0.717) is 12.3 Å². The van der Waals surface area contributed by atoms with E-state index in [1.165, 1.54) is 0 Å². The van der Waals surface area contributed by atoms with Gasteiger partial charge in [0, 0.05) is 59.3 Å². The molecule has 7 heteroatoms. The summed E-state index contributed by atoms with van der Waals surface area (Å²) in [7, 11) is 1.71. The van der Waals surface area contributed by atoms with Crippen LogP contribution in [0.15, 0.2) is 4.99 Å². The van der Waals surface area contributed by atoms with Crippen LogP contribution in [0.4, 0.5) is 0 Å². The molecule has 2 N–H and O–H groups in total. The van der Waals surface area contributed by atoms with E-state index in [9.17, 15) is 4.79 Å². The molecule has 2 heterocycles. The van der Waals surface area contributed by atoms with Crippen molar-refractivity contribution in [3.63, 3.8) is 0 Å². The second-order valence-electron chi connectivity index (χ2n) is 6.85. The van der Waals surface area contributed by atoms with Gasteiger partial charge in [0.05, 0.1) is 13.2 Å². The molecule has 25 heavy (non-hydrogen) atoms. The van der Waals surface area contributed by atoms with Crippen LogP contribution < -0.4 is 10.6 Å². The smallest absolute Gasteiger partial charge is 0.220 e. The highest BCUT2D eigenvalue weighted by atomic mass is 16.5. The number of ether oxygens (including phenoxy) is 1. The van der Waals surface area contributed by atoms with Crippen molar-refractivity contribution in [2.45, 2.75) is 32.6 Å². The number of hydrogen-bond acceptors (Lipinski definition) is 4. The van der Waals surface area contributed by atoms with Crippen LogP contribution in [-0.4, -0.2) is 87.7 Å². The Bertz CT molecular complexity index is 416. The predicted octanol–water partition coefficient (Wildman–Crippen LogP) is 0.522. The van der Waals surface area contributed by atoms with Crippen LogP contribution in [0.25, 0.3) is 0 Å². The molecule has 1 amide bonds. The summed E-state index contributed by atoms with van der Waals surface area (Å²) in [6.07, 6.45) is 3.86. The first-order valence-electron chi connectivity index (χ1n) is 9.77. The molecule has 7 nitrogen and oxygen atoms in total. The van der Waals surface area contributed by atoms with Crippen LogP contribution in [-0.2, 0) is 9.53 Å². The normalized spacial score (nSPS) is 20.6. The topological polar surface area (TPSA) is 69.2 Å². The Morgan fingerprint density at radius 3 is 2.56 bits per heavy atom. The van der Waals surface area contributed by atoms with Gasteiger partial charge < -0.3 is 20.3 Å². The number of guanidine groups is 1. The maximum absolute atomic E-state index is 11.5. The van der Waals surface area contributed by atoms with Crippen molar-refractivity contribution < 1.29 is 9.53 Å². The second kappa shape index (κ2) is 11.3. The number of nitrogens with one attached hydrogen (secondary N) is 2. The van der Waals surface area contributed by atoms with Crippen molar-refractivity contribution in [2.24, 2.45) is 10.9 Å². The minimum Gasteiger partial charge on any atom is -0.379 e. The van der Waals surface area contributed by atoms with Gasteiger partial charge in [-0.25, -0.2) is 0 Å². The van der Waals surface area contributed by atoms with Crippen LogP contribution in [0.2, 0.25) is 0 Å². The minimum atomic E-state index is 0.155. The molecule has 0 bridgehead atoms. The number of nitrogens with zero attached hydrogens (tertiary/aromatic N) is 3. The lowest BCUT2D eigenvalue weighted by molar-refractivity contribution is -0.121. The average Bonchev–Trinajstić information content (AvgIpc) is 2.65. The SMILES string of the molecule is CCNC(=NCCCN1CCOCC1)N1CCC(CC(=O)NC)CC1. The van der Waals surface area contributed by atoms with Crippen LogP contribution in [0.1, 0.15) is 32.6 Å². The van der Waals surface area contributed by atoms with E-state index in [2.05, 4.69) is 27.4 Å². The standard InChI is InChI=1S/C18H35N5O2/c1-3-20-18(21-7-4-8-22-11-13-25-14-12-22)23-9-5-16(6-10-23)15-17(24)19-2/h16H,3-15H2,1-2H3,(H,19,24)(H,20,21). The lowest BCUT2D eigenvalue weighted by Crippen LogP contribution is -2.46. The molecule has 0 atom stereocenters. The van der Waals surface area contributed by atoms with E-state index in [0.717, 1.165) is 84.2 Å². The Morgan fingerprint density at radius 1 is 1.20 bits per heavy atom. The molecule has 0 spiro atoms. The number of aliphatic imine (C=N–C) groups is 1. The van der Waals surface area contributed by atoms with Gasteiger partial charge in [0.1, 0.15) is 0 Å². The molecule has 2 saturated heterocycles. The predicted molar refractivity (Wildman–Crippen MR) is 101 cm³/mol. The molecule has 2 aliphatic rings. The number of rotatable bonds is 7. The lowest BCUT2D eigenvalue weighted by Gasteiger charge is -2.34. The van der Waals surface area contributed by atoms with Gasteiger partial charge >= 0.3 is 0 Å². The van der Waals surface area contributed by atoms with Gasteiger partial charge in [0.2, 0.25) is 5.91 Å². The van der Waals surface area contributed by atoms with E-state index in [-0.39, 0.29) is 5.91 Å². The van der Waals surface area contributed by atoms with Gasteiger partial charge in [0.25, 0.3) is 0 Å². The molecule has 0 saturated carbocycles. The summed E-state index contributed by atoms with van der Waals surface area (Å²) >= 11 is 0. The van der Waals surface area contributed by atoms with Crippen LogP contribution in [0.5, 0.6) is 0 Å². The van der Waals surface area contributed by atoms with Gasteiger partial charge in [0.15, 0.2) is 5.96 Å². The van der Waals surface area contributed by atoms with E-state index in [4.69, 9.17) is 9.73 Å². The van der Waals surface area contributed by atoms with Crippen LogP contribution >= 0.6 is 0 Å². The fourth-order valence-corrected chi connectivity index (χ4v) is 3.44. The van der Waals surface area contributed by atoms with E-state index in [1.54, 1.807) is 7.05 Å². The summed E-state index contributed by atoms with van der Waals surface area (Å²) in [6, 6.07) is 0. The molecule has 0 radical (unpaired) electrons. The largest absolute Gasteiger partial charge is 0.379 e. The summed E-state index contributed by atoms with van der Waals surface area (Å²) in [5, 5.41) is 6.15. The first-order chi connectivity index (χ1) is 12.2. The average molecular weight is 354 g/mol. The van der Waals surface area contributed by atoms with Crippen molar-refractivity contribution in [3.8, 4) is 0 Å². The van der Waals surface area contributed by atoms with Gasteiger partial charge in [-0.2, -0.15) is 0 Å². The Balaban J connectivity index is 1.72. The van der Waals surface area contributed by atoms with Crippen molar-refractivity contribution >= 4 is 11.9 Å². The number of carbonyl (C=O) groups excluding carboxylic acids is 1. The molecule has 0 aromatic heterocycles. The van der Waals surface area contributed by atoms with Crippen molar-refractivity contribution in [3.05, 3.63) is 0 Å². The second-order valence-corrected chi connectivity index (χ2v) is 6.85. The lowest BCUT2D eigenvalue weighted by atomic mass is 9.93. The highest BCUT2D eigenvalue weighted by Gasteiger charge is 2.23. The van der Waals surface area contributed by atoms with Crippen LogP contribution in [0, 0.1) is 5.92 Å². The fraction of sp³-hybridized carbons (Fsp3) is 0.889. The summed E-state index contributed by atoms with van der Waals surface area (Å²) in [5.41, 5.74) is 0. The Labute approximate surface area is 152 Å². The number of piperidine rings is 1. The highest BCUT2D eigenvalue weighted by molar-refractivity contribution is 5.80. The van der Waals surface area contributed by atoms with Crippen molar-refractivity contribution in [2.75, 3.05) is 66.1 Å². The third-order valence-corrected chi connectivity index (χ3v) is 5.00. The summed E-state index contributed by atoms with van der Waals surface area (Å²) in [6.45, 7) is 10.7. The van der Waals surface area contributed by atoms with Crippen molar-refractivity contribution in [1.82, 2.24) is 20.4 Å². The molecule has 144 valence electrons. The molecule has 0 unspecified atom stereocenters. The van der Waals surface area contributed by atoms with E-state index >= 15 is 0 Å². The number of hydrogen-bond donors (Lipinski definition) is 2. The Hall–Kier alpha value is -1.34. The molecule has 0 aliphatic carbocycles. The zero-order chi connectivity index (χ0) is 17.9.